The van der Waals surface area contributed by atoms with Gasteiger partial charge in [0.1, 0.15) is 0 Å². The van der Waals surface area contributed by atoms with E-state index in [9.17, 15) is 0 Å². The average Bonchev–Trinajstić information content (AvgIpc) is 2.01. The lowest BCUT2D eigenvalue weighted by Crippen LogP contribution is -2.29. The first kappa shape index (κ1) is 11.3. The van der Waals surface area contributed by atoms with Crippen LogP contribution in [0.15, 0.2) is 0 Å². The summed E-state index contributed by atoms with van der Waals surface area (Å²) in [7, 11) is 0. The summed E-state index contributed by atoms with van der Waals surface area (Å²) in [6.07, 6.45) is 2.43. The summed E-state index contributed by atoms with van der Waals surface area (Å²) in [4.78, 5) is 2.25. The number of aliphatic hydroxyl groups is 1. The molecular weight excluding hydrogens is 158 g/mol. The van der Waals surface area contributed by atoms with Crippen molar-refractivity contribution >= 4 is 12.6 Å². The van der Waals surface area contributed by atoms with Crippen LogP contribution in [0.4, 0.5) is 0 Å². The van der Waals surface area contributed by atoms with Crippen molar-refractivity contribution in [2.24, 2.45) is 0 Å². The molecule has 0 unspecified atom stereocenters. The van der Waals surface area contributed by atoms with Crippen molar-refractivity contribution in [1.82, 2.24) is 4.90 Å². The number of hydrogen-bond acceptors (Lipinski definition) is 3. The van der Waals surface area contributed by atoms with Gasteiger partial charge in [-0.3, -0.25) is 0 Å². The van der Waals surface area contributed by atoms with Crippen molar-refractivity contribution in [1.29, 1.82) is 0 Å². The Morgan fingerprint density at radius 2 is 2.00 bits per heavy atom. The van der Waals surface area contributed by atoms with Crippen LogP contribution < -0.4 is 0 Å². The molecule has 0 aromatic heterocycles. The molecule has 0 fully saturated rings. The minimum absolute atomic E-state index is 0.261. The molecule has 68 valence electrons. The minimum atomic E-state index is 0.261. The molecule has 0 spiro atoms. The van der Waals surface area contributed by atoms with Gasteiger partial charge in [-0.15, -0.1) is 0 Å². The van der Waals surface area contributed by atoms with E-state index in [2.05, 4.69) is 24.5 Å². The molecule has 11 heavy (non-hydrogen) atoms. The lowest BCUT2D eigenvalue weighted by molar-refractivity contribution is 0.201. The fraction of sp³-hybridized carbons (Fsp3) is 1.00. The van der Waals surface area contributed by atoms with Crippen molar-refractivity contribution in [2.75, 3.05) is 32.0 Å². The van der Waals surface area contributed by atoms with Gasteiger partial charge in [0.2, 0.25) is 0 Å². The molecule has 0 radical (unpaired) electrons. The highest BCUT2D eigenvalue weighted by Crippen LogP contribution is 1.94. The molecule has 0 atom stereocenters. The summed E-state index contributed by atoms with van der Waals surface area (Å²) in [5.41, 5.74) is 0. The van der Waals surface area contributed by atoms with Crippen LogP contribution in [0, 0.1) is 0 Å². The molecule has 0 aromatic carbocycles. The second kappa shape index (κ2) is 8.37. The number of hydrogen-bond donors (Lipinski definition) is 2. The predicted molar refractivity (Wildman–Crippen MR) is 52.3 cm³/mol. The third-order valence-corrected chi connectivity index (χ3v) is 1.86. The van der Waals surface area contributed by atoms with Crippen LogP contribution in [-0.4, -0.2) is 42.0 Å². The molecule has 0 amide bonds. The Hall–Kier alpha value is 0.270. The zero-order valence-electron chi connectivity index (χ0n) is 7.29. The van der Waals surface area contributed by atoms with E-state index >= 15 is 0 Å². The first-order valence-corrected chi connectivity index (χ1v) is 4.92. The van der Waals surface area contributed by atoms with Gasteiger partial charge in [-0.1, -0.05) is 13.3 Å². The van der Waals surface area contributed by atoms with E-state index in [1.165, 1.54) is 12.8 Å². The van der Waals surface area contributed by atoms with Crippen LogP contribution in [0.25, 0.3) is 0 Å². The van der Waals surface area contributed by atoms with E-state index in [1.807, 2.05) is 0 Å². The van der Waals surface area contributed by atoms with E-state index in [0.29, 0.717) is 0 Å². The highest BCUT2D eigenvalue weighted by Gasteiger charge is 2.00. The molecule has 0 heterocycles. The first-order valence-electron chi connectivity index (χ1n) is 4.29. The van der Waals surface area contributed by atoms with Gasteiger partial charge in [0.25, 0.3) is 0 Å². The highest BCUT2D eigenvalue weighted by atomic mass is 32.1. The van der Waals surface area contributed by atoms with Crippen molar-refractivity contribution in [2.45, 2.75) is 19.8 Å². The van der Waals surface area contributed by atoms with Crippen molar-refractivity contribution in [3.8, 4) is 0 Å². The van der Waals surface area contributed by atoms with E-state index in [0.717, 1.165) is 25.4 Å². The van der Waals surface area contributed by atoms with E-state index in [-0.39, 0.29) is 6.61 Å². The van der Waals surface area contributed by atoms with Gasteiger partial charge in [0, 0.05) is 18.8 Å². The third kappa shape index (κ3) is 6.66. The molecule has 1 N–H and O–H groups in total. The molecule has 0 aliphatic carbocycles. The monoisotopic (exact) mass is 177 g/mol. The lowest BCUT2D eigenvalue weighted by atomic mass is 10.3. The Bertz CT molecular complexity index is 74.5. The average molecular weight is 177 g/mol. The largest absolute Gasteiger partial charge is 0.395 e. The number of thiol groups is 1. The number of nitrogens with zero attached hydrogens (tertiary/aromatic N) is 1. The summed E-state index contributed by atoms with van der Waals surface area (Å²) >= 11 is 4.15. The van der Waals surface area contributed by atoms with Crippen LogP contribution in [-0.2, 0) is 0 Å². The predicted octanol–water partition coefficient (Wildman–Crippen LogP) is 1.01. The second-order valence-corrected chi connectivity index (χ2v) is 3.09. The van der Waals surface area contributed by atoms with Crippen LogP contribution in [0.3, 0.4) is 0 Å². The molecular formula is C8H19NOS. The molecule has 0 aliphatic heterocycles. The van der Waals surface area contributed by atoms with Crippen LogP contribution in [0.1, 0.15) is 19.8 Å². The molecule has 0 aromatic rings. The van der Waals surface area contributed by atoms with Crippen molar-refractivity contribution in [3.05, 3.63) is 0 Å². The molecule has 0 aliphatic rings. The Balaban J connectivity index is 3.34. The molecule has 0 saturated carbocycles. The normalized spacial score (nSPS) is 10.9. The fourth-order valence-corrected chi connectivity index (χ4v) is 1.28. The van der Waals surface area contributed by atoms with Gasteiger partial charge < -0.3 is 10.0 Å². The summed E-state index contributed by atoms with van der Waals surface area (Å²) in [5.74, 6) is 0.879. The zero-order chi connectivity index (χ0) is 8.53. The van der Waals surface area contributed by atoms with Crippen LogP contribution in [0.2, 0.25) is 0 Å². The summed E-state index contributed by atoms with van der Waals surface area (Å²) in [5, 5.41) is 8.70. The van der Waals surface area contributed by atoms with Gasteiger partial charge >= 0.3 is 0 Å². The molecule has 0 saturated heterocycles. The Kier molecular flexibility index (Phi) is 8.57. The number of aliphatic hydroxyl groups excluding tert-OH is 1. The maximum absolute atomic E-state index is 8.70. The van der Waals surface area contributed by atoms with Crippen LogP contribution in [0.5, 0.6) is 0 Å². The van der Waals surface area contributed by atoms with Crippen LogP contribution >= 0.6 is 12.6 Å². The molecule has 0 bridgehead atoms. The van der Waals surface area contributed by atoms with Gasteiger partial charge in [-0.2, -0.15) is 12.6 Å². The Morgan fingerprint density at radius 3 is 2.45 bits per heavy atom. The number of rotatable bonds is 7. The molecule has 2 nitrogen and oxygen atoms in total. The lowest BCUT2D eigenvalue weighted by Gasteiger charge is -2.19. The maximum Gasteiger partial charge on any atom is 0.0558 e. The summed E-state index contributed by atoms with van der Waals surface area (Å²) < 4.78 is 0. The molecule has 0 rings (SSSR count). The minimum Gasteiger partial charge on any atom is -0.395 e. The smallest absolute Gasteiger partial charge is 0.0558 e. The highest BCUT2D eigenvalue weighted by molar-refractivity contribution is 7.80. The van der Waals surface area contributed by atoms with Gasteiger partial charge in [-0.05, 0) is 13.0 Å². The Morgan fingerprint density at radius 1 is 1.27 bits per heavy atom. The Labute approximate surface area is 75.0 Å². The topological polar surface area (TPSA) is 23.5 Å². The third-order valence-electron chi connectivity index (χ3n) is 1.66. The quantitative estimate of drug-likeness (QED) is 0.567. The van der Waals surface area contributed by atoms with E-state index in [4.69, 9.17) is 5.11 Å². The zero-order valence-corrected chi connectivity index (χ0v) is 8.19. The second-order valence-electron chi connectivity index (χ2n) is 2.64. The molecule has 3 heteroatoms. The van der Waals surface area contributed by atoms with Gasteiger partial charge in [0.05, 0.1) is 6.61 Å². The van der Waals surface area contributed by atoms with Crippen molar-refractivity contribution < 1.29 is 5.11 Å². The fourth-order valence-electron chi connectivity index (χ4n) is 1.000. The summed E-state index contributed by atoms with van der Waals surface area (Å²) in [6.45, 7) is 5.32. The van der Waals surface area contributed by atoms with Gasteiger partial charge in [-0.25, -0.2) is 0 Å². The van der Waals surface area contributed by atoms with Gasteiger partial charge in [0.15, 0.2) is 0 Å². The summed E-state index contributed by atoms with van der Waals surface area (Å²) in [6, 6.07) is 0. The van der Waals surface area contributed by atoms with E-state index in [1.54, 1.807) is 0 Å². The standard InChI is InChI=1S/C8H19NOS/c1-2-3-4-9(5-7-10)6-8-11/h10-11H,2-8H2,1H3. The van der Waals surface area contributed by atoms with Crippen molar-refractivity contribution in [3.63, 3.8) is 0 Å². The SMILES string of the molecule is CCCCN(CCO)CCS. The van der Waals surface area contributed by atoms with E-state index < -0.39 is 0 Å². The number of unbranched alkanes of at least 4 members (excludes halogenated alkanes) is 1. The first-order chi connectivity index (χ1) is 5.35. The maximum atomic E-state index is 8.70.